The fourth-order valence-electron chi connectivity index (χ4n) is 3.90. The predicted octanol–water partition coefficient (Wildman–Crippen LogP) is 3.53. The molecule has 1 N–H and O–H groups in total. The standard InChI is InChI=1S/C25H29N5O2S/c1-2-30-22(16-19-8-4-3-5-9-19)27-28-25(30)33-18-23(31)26-17-20-10-12-21(13-11-20)24(32)29-14-6-7-15-29/h3-5,8-13H,2,6-7,14-18H2,1H3,(H,26,31). The van der Waals surface area contributed by atoms with E-state index >= 15 is 0 Å². The van der Waals surface area contributed by atoms with E-state index in [-0.39, 0.29) is 17.6 Å². The van der Waals surface area contributed by atoms with Crippen LogP contribution < -0.4 is 5.32 Å². The van der Waals surface area contributed by atoms with Gasteiger partial charge in [-0.2, -0.15) is 0 Å². The molecule has 1 aliphatic rings. The Labute approximate surface area is 198 Å². The number of nitrogens with one attached hydrogen (secondary N) is 1. The molecule has 0 aliphatic carbocycles. The van der Waals surface area contributed by atoms with Gasteiger partial charge in [-0.15, -0.1) is 10.2 Å². The first-order valence-corrected chi connectivity index (χ1v) is 12.4. The number of carbonyl (C=O) groups excluding carboxylic acids is 2. The summed E-state index contributed by atoms with van der Waals surface area (Å²) in [6.07, 6.45) is 2.87. The third kappa shape index (κ3) is 6.01. The van der Waals surface area contributed by atoms with Crippen molar-refractivity contribution >= 4 is 23.6 Å². The molecule has 3 aromatic rings. The van der Waals surface area contributed by atoms with E-state index in [9.17, 15) is 9.59 Å². The first kappa shape index (κ1) is 23.0. The molecule has 0 radical (unpaired) electrons. The highest BCUT2D eigenvalue weighted by Crippen LogP contribution is 2.19. The number of likely N-dealkylation sites (tertiary alicyclic amines) is 1. The first-order chi connectivity index (χ1) is 16.1. The summed E-state index contributed by atoms with van der Waals surface area (Å²) in [5, 5.41) is 12.3. The molecule has 0 unspecified atom stereocenters. The van der Waals surface area contributed by atoms with Crippen molar-refractivity contribution < 1.29 is 9.59 Å². The summed E-state index contributed by atoms with van der Waals surface area (Å²) in [6.45, 7) is 4.92. The molecule has 0 spiro atoms. The summed E-state index contributed by atoms with van der Waals surface area (Å²) >= 11 is 1.39. The molecule has 1 saturated heterocycles. The number of aromatic nitrogens is 3. The number of rotatable bonds is 9. The third-order valence-corrected chi connectivity index (χ3v) is 6.70. The van der Waals surface area contributed by atoms with Crippen LogP contribution in [-0.4, -0.2) is 50.3 Å². The number of nitrogens with zero attached hydrogens (tertiary/aromatic N) is 4. The average molecular weight is 464 g/mol. The zero-order valence-electron chi connectivity index (χ0n) is 18.9. The molecule has 0 saturated carbocycles. The average Bonchev–Trinajstić information content (AvgIpc) is 3.52. The maximum absolute atomic E-state index is 12.4. The molecule has 0 atom stereocenters. The van der Waals surface area contributed by atoms with Gasteiger partial charge in [0, 0.05) is 38.2 Å². The van der Waals surface area contributed by atoms with Crippen LogP contribution in [0.25, 0.3) is 0 Å². The van der Waals surface area contributed by atoms with Crippen LogP contribution in [0.3, 0.4) is 0 Å². The molecule has 1 aromatic heterocycles. The summed E-state index contributed by atoms with van der Waals surface area (Å²) in [4.78, 5) is 26.7. The lowest BCUT2D eigenvalue weighted by Gasteiger charge is -2.15. The fourth-order valence-corrected chi connectivity index (χ4v) is 4.75. The van der Waals surface area contributed by atoms with E-state index in [4.69, 9.17) is 0 Å². The Morgan fingerprint density at radius 3 is 2.39 bits per heavy atom. The predicted molar refractivity (Wildman–Crippen MR) is 129 cm³/mol. The van der Waals surface area contributed by atoms with Crippen molar-refractivity contribution in [2.75, 3.05) is 18.8 Å². The second kappa shape index (κ2) is 11.1. The molecule has 33 heavy (non-hydrogen) atoms. The Bertz CT molecular complexity index is 1080. The molecular formula is C25H29N5O2S. The Morgan fingerprint density at radius 2 is 1.70 bits per heavy atom. The molecule has 0 bridgehead atoms. The molecule has 7 nitrogen and oxygen atoms in total. The molecule has 172 valence electrons. The number of thioether (sulfide) groups is 1. The van der Waals surface area contributed by atoms with Crippen molar-refractivity contribution in [2.24, 2.45) is 0 Å². The monoisotopic (exact) mass is 463 g/mol. The van der Waals surface area contributed by atoms with Crippen molar-refractivity contribution in [1.29, 1.82) is 0 Å². The zero-order valence-corrected chi connectivity index (χ0v) is 19.7. The van der Waals surface area contributed by atoms with Crippen LogP contribution in [0.5, 0.6) is 0 Å². The molecule has 2 amide bonds. The van der Waals surface area contributed by atoms with Gasteiger partial charge >= 0.3 is 0 Å². The Kier molecular flexibility index (Phi) is 7.78. The van der Waals surface area contributed by atoms with Crippen LogP contribution >= 0.6 is 11.8 Å². The maximum atomic E-state index is 12.4. The largest absolute Gasteiger partial charge is 0.351 e. The number of carbonyl (C=O) groups is 2. The molecule has 8 heteroatoms. The first-order valence-electron chi connectivity index (χ1n) is 11.4. The van der Waals surface area contributed by atoms with Crippen molar-refractivity contribution in [3.05, 3.63) is 77.1 Å². The second-order valence-electron chi connectivity index (χ2n) is 8.07. The summed E-state index contributed by atoms with van der Waals surface area (Å²) in [6, 6.07) is 17.7. The highest BCUT2D eigenvalue weighted by atomic mass is 32.2. The summed E-state index contributed by atoms with van der Waals surface area (Å²) in [5.74, 6) is 1.20. The molecule has 1 aliphatic heterocycles. The second-order valence-corrected chi connectivity index (χ2v) is 9.01. The maximum Gasteiger partial charge on any atom is 0.253 e. The minimum atomic E-state index is -0.0625. The van der Waals surface area contributed by atoms with E-state index in [0.717, 1.165) is 49.0 Å². The highest BCUT2D eigenvalue weighted by molar-refractivity contribution is 7.99. The lowest BCUT2D eigenvalue weighted by Crippen LogP contribution is -2.27. The van der Waals surface area contributed by atoms with E-state index in [1.165, 1.54) is 17.3 Å². The molecular weight excluding hydrogens is 434 g/mol. The topological polar surface area (TPSA) is 80.1 Å². The summed E-state index contributed by atoms with van der Waals surface area (Å²) in [5.41, 5.74) is 2.85. The van der Waals surface area contributed by atoms with Crippen molar-refractivity contribution in [2.45, 2.75) is 44.4 Å². The Morgan fingerprint density at radius 1 is 0.970 bits per heavy atom. The smallest absolute Gasteiger partial charge is 0.253 e. The van der Waals surface area contributed by atoms with Gasteiger partial charge < -0.3 is 14.8 Å². The number of amides is 2. The molecule has 1 fully saturated rings. The van der Waals surface area contributed by atoms with Crippen molar-refractivity contribution in [1.82, 2.24) is 25.0 Å². The van der Waals surface area contributed by atoms with E-state index in [1.54, 1.807) is 0 Å². The van der Waals surface area contributed by atoms with Crippen LogP contribution in [0.2, 0.25) is 0 Å². The van der Waals surface area contributed by atoms with Gasteiger partial charge in [-0.25, -0.2) is 0 Å². The molecule has 2 heterocycles. The minimum Gasteiger partial charge on any atom is -0.351 e. The Hall–Kier alpha value is -3.13. The van der Waals surface area contributed by atoms with Gasteiger partial charge in [0.1, 0.15) is 5.82 Å². The van der Waals surface area contributed by atoms with Gasteiger partial charge in [0.05, 0.1) is 5.75 Å². The SMILES string of the molecule is CCn1c(Cc2ccccc2)nnc1SCC(=O)NCc1ccc(C(=O)N2CCCC2)cc1. The van der Waals surface area contributed by atoms with Gasteiger partial charge in [-0.3, -0.25) is 9.59 Å². The van der Waals surface area contributed by atoms with Crippen LogP contribution in [-0.2, 0) is 24.3 Å². The minimum absolute atomic E-state index is 0.0625. The van der Waals surface area contributed by atoms with E-state index in [0.29, 0.717) is 18.5 Å². The summed E-state index contributed by atoms with van der Waals surface area (Å²) in [7, 11) is 0. The van der Waals surface area contributed by atoms with Crippen LogP contribution in [0.4, 0.5) is 0 Å². The lowest BCUT2D eigenvalue weighted by molar-refractivity contribution is -0.118. The number of benzene rings is 2. The van der Waals surface area contributed by atoms with Gasteiger partial charge in [-0.05, 0) is 43.0 Å². The van der Waals surface area contributed by atoms with Gasteiger partial charge in [0.2, 0.25) is 5.91 Å². The van der Waals surface area contributed by atoms with E-state index in [1.807, 2.05) is 47.4 Å². The Balaban J connectivity index is 1.26. The lowest BCUT2D eigenvalue weighted by atomic mass is 10.1. The van der Waals surface area contributed by atoms with Crippen LogP contribution in [0, 0.1) is 0 Å². The normalized spacial score (nSPS) is 13.3. The van der Waals surface area contributed by atoms with Crippen molar-refractivity contribution in [3.8, 4) is 0 Å². The van der Waals surface area contributed by atoms with Gasteiger partial charge in [0.25, 0.3) is 5.91 Å². The van der Waals surface area contributed by atoms with Gasteiger partial charge in [0.15, 0.2) is 5.16 Å². The van der Waals surface area contributed by atoms with Crippen molar-refractivity contribution in [3.63, 3.8) is 0 Å². The summed E-state index contributed by atoms with van der Waals surface area (Å²) < 4.78 is 2.06. The number of hydrogen-bond acceptors (Lipinski definition) is 5. The highest BCUT2D eigenvalue weighted by Gasteiger charge is 2.19. The molecule has 4 rings (SSSR count). The fraction of sp³-hybridized carbons (Fsp3) is 0.360. The van der Waals surface area contributed by atoms with Crippen LogP contribution in [0.1, 0.15) is 47.1 Å². The quantitative estimate of drug-likeness (QED) is 0.491. The zero-order chi connectivity index (χ0) is 23.0. The van der Waals surface area contributed by atoms with E-state index < -0.39 is 0 Å². The third-order valence-electron chi connectivity index (χ3n) is 5.73. The molecule has 2 aromatic carbocycles. The number of hydrogen-bond donors (Lipinski definition) is 1. The van der Waals surface area contributed by atoms with Crippen LogP contribution in [0.15, 0.2) is 59.8 Å². The van der Waals surface area contributed by atoms with Gasteiger partial charge in [-0.1, -0.05) is 54.2 Å². The van der Waals surface area contributed by atoms with E-state index in [2.05, 4.69) is 39.1 Å².